The fourth-order valence-electron chi connectivity index (χ4n) is 1.03. The molecule has 0 amide bonds. The summed E-state index contributed by atoms with van der Waals surface area (Å²) in [5.74, 6) is -0.692. The molecule has 0 spiro atoms. The molecular formula is C8H17NO4P+. The maximum atomic E-state index is 11.6. The average molecular weight is 222 g/mol. The van der Waals surface area contributed by atoms with Gasteiger partial charge in [0.05, 0.1) is 5.54 Å². The lowest BCUT2D eigenvalue weighted by Gasteiger charge is -2.23. The van der Waals surface area contributed by atoms with Gasteiger partial charge in [-0.15, -0.1) is 9.42 Å². The van der Waals surface area contributed by atoms with Crippen molar-refractivity contribution in [1.82, 2.24) is 0 Å². The maximum absolute atomic E-state index is 11.6. The highest BCUT2D eigenvalue weighted by Gasteiger charge is 2.34. The van der Waals surface area contributed by atoms with Gasteiger partial charge in [-0.3, -0.25) is 4.79 Å². The molecule has 14 heavy (non-hydrogen) atoms. The van der Waals surface area contributed by atoms with Crippen molar-refractivity contribution < 1.29 is 18.8 Å². The summed E-state index contributed by atoms with van der Waals surface area (Å²) in [5.41, 5.74) is 4.66. The van der Waals surface area contributed by atoms with Gasteiger partial charge < -0.3 is 5.73 Å². The Bertz CT molecular complexity index is 236. The third kappa shape index (κ3) is 4.24. The zero-order valence-electron chi connectivity index (χ0n) is 8.85. The quantitative estimate of drug-likeness (QED) is 0.677. The summed E-state index contributed by atoms with van der Waals surface area (Å²) < 4.78 is 15.0. The molecule has 0 aromatic carbocycles. The summed E-state index contributed by atoms with van der Waals surface area (Å²) in [6, 6.07) is 0. The first-order chi connectivity index (χ1) is 6.16. The first-order valence-electron chi connectivity index (χ1n) is 4.32. The van der Waals surface area contributed by atoms with E-state index in [2.05, 4.69) is 4.52 Å². The Morgan fingerprint density at radius 2 is 1.93 bits per heavy atom. The smallest absolute Gasteiger partial charge is 0.319 e. The minimum absolute atomic E-state index is 0.193. The van der Waals surface area contributed by atoms with Crippen LogP contribution in [0.1, 0.15) is 27.7 Å². The molecule has 6 heteroatoms. The van der Waals surface area contributed by atoms with Crippen molar-refractivity contribution in [3.05, 3.63) is 0 Å². The van der Waals surface area contributed by atoms with Crippen LogP contribution in [-0.4, -0.2) is 22.3 Å². The molecule has 0 saturated carbocycles. The van der Waals surface area contributed by atoms with Crippen LogP contribution in [0.15, 0.2) is 0 Å². The van der Waals surface area contributed by atoms with Crippen LogP contribution in [-0.2, 0) is 13.9 Å². The van der Waals surface area contributed by atoms with Crippen LogP contribution in [0, 0.1) is 5.92 Å². The van der Waals surface area contributed by atoms with Gasteiger partial charge in [-0.1, -0.05) is 6.92 Å². The average Bonchev–Trinajstić information content (AvgIpc) is 1.98. The van der Waals surface area contributed by atoms with E-state index < -0.39 is 25.8 Å². The molecule has 0 heterocycles. The molecule has 3 N–H and O–H groups in total. The molecule has 0 aromatic heterocycles. The molecule has 1 unspecified atom stereocenters. The lowest BCUT2D eigenvalue weighted by atomic mass is 9.88. The van der Waals surface area contributed by atoms with Crippen molar-refractivity contribution in [3.8, 4) is 0 Å². The van der Waals surface area contributed by atoms with Crippen LogP contribution in [0.4, 0.5) is 0 Å². The van der Waals surface area contributed by atoms with Gasteiger partial charge in [-0.25, -0.2) is 0 Å². The lowest BCUT2D eigenvalue weighted by molar-refractivity contribution is -0.129. The minimum atomic E-state index is -2.68. The normalized spacial score (nSPS) is 17.4. The van der Waals surface area contributed by atoms with E-state index in [1.807, 2.05) is 0 Å². The van der Waals surface area contributed by atoms with Crippen molar-refractivity contribution in [2.45, 2.75) is 39.3 Å². The molecule has 0 aliphatic carbocycles. The number of ketones is 1. The Balaban J connectivity index is 4.39. The van der Waals surface area contributed by atoms with Crippen LogP contribution < -0.4 is 5.73 Å². The number of carbonyl (C=O) groups is 1. The molecule has 0 bridgehead atoms. The van der Waals surface area contributed by atoms with Crippen LogP contribution in [0.25, 0.3) is 0 Å². The van der Waals surface area contributed by atoms with Gasteiger partial charge in [0.2, 0.25) is 0 Å². The third-order valence-corrected chi connectivity index (χ3v) is 2.52. The van der Waals surface area contributed by atoms with Crippen molar-refractivity contribution in [3.63, 3.8) is 0 Å². The molecule has 0 saturated heterocycles. The van der Waals surface area contributed by atoms with Gasteiger partial charge >= 0.3 is 8.25 Å². The second-order valence-corrected chi connectivity index (χ2v) is 4.61. The summed E-state index contributed by atoms with van der Waals surface area (Å²) in [4.78, 5) is 20.1. The molecule has 0 radical (unpaired) electrons. The SMILES string of the molecule is C[C@H](C(=O)C(C)(C)N)[C@@H](C)O[P+](=O)O. The lowest BCUT2D eigenvalue weighted by Crippen LogP contribution is -2.47. The topological polar surface area (TPSA) is 89.6 Å². The largest absolute Gasteiger partial charge is 0.695 e. The summed E-state index contributed by atoms with van der Waals surface area (Å²) >= 11 is 0. The van der Waals surface area contributed by atoms with E-state index in [1.54, 1.807) is 27.7 Å². The van der Waals surface area contributed by atoms with Crippen LogP contribution >= 0.6 is 8.25 Å². The Labute approximate surface area is 84.6 Å². The molecular weight excluding hydrogens is 205 g/mol. The van der Waals surface area contributed by atoms with E-state index in [4.69, 9.17) is 10.6 Å². The van der Waals surface area contributed by atoms with E-state index >= 15 is 0 Å². The molecule has 0 rings (SSSR count). The van der Waals surface area contributed by atoms with Crippen molar-refractivity contribution in [1.29, 1.82) is 0 Å². The van der Waals surface area contributed by atoms with Crippen LogP contribution in [0.2, 0.25) is 0 Å². The summed E-state index contributed by atoms with van der Waals surface area (Å²) in [5, 5.41) is 0. The highest BCUT2D eigenvalue weighted by molar-refractivity contribution is 7.32. The number of nitrogens with two attached hydrogens (primary N) is 1. The van der Waals surface area contributed by atoms with E-state index in [-0.39, 0.29) is 5.78 Å². The fraction of sp³-hybridized carbons (Fsp3) is 0.875. The standard InChI is InChI=1S/C8H16NO4P/c1-5(6(2)13-14(11)12)7(10)8(3,4)9/h5-6H,9H2,1-4H3/p+1/t5-,6+/m0/s1. The van der Waals surface area contributed by atoms with Gasteiger partial charge in [-0.2, -0.15) is 0 Å². The Kier molecular flexibility index (Phi) is 4.81. The number of hydrogen-bond acceptors (Lipinski definition) is 4. The molecule has 5 nitrogen and oxygen atoms in total. The molecule has 0 fully saturated rings. The van der Waals surface area contributed by atoms with E-state index in [0.29, 0.717) is 0 Å². The summed E-state index contributed by atoms with van der Waals surface area (Å²) in [6.45, 7) is 6.38. The van der Waals surface area contributed by atoms with Crippen molar-refractivity contribution in [2.75, 3.05) is 0 Å². The molecule has 0 aromatic rings. The second kappa shape index (κ2) is 4.94. The van der Waals surface area contributed by atoms with Crippen LogP contribution in [0.3, 0.4) is 0 Å². The highest BCUT2D eigenvalue weighted by Crippen LogP contribution is 2.24. The summed E-state index contributed by atoms with van der Waals surface area (Å²) in [6.07, 6.45) is -0.612. The molecule has 82 valence electrons. The van der Waals surface area contributed by atoms with E-state index in [9.17, 15) is 9.36 Å². The molecule has 0 aliphatic heterocycles. The van der Waals surface area contributed by atoms with Gasteiger partial charge in [0.15, 0.2) is 5.78 Å². The molecule has 0 aliphatic rings. The fourth-order valence-corrected chi connectivity index (χ4v) is 1.50. The Hall–Kier alpha value is -0.350. The third-order valence-electron chi connectivity index (χ3n) is 2.01. The Morgan fingerprint density at radius 1 is 1.50 bits per heavy atom. The highest BCUT2D eigenvalue weighted by atomic mass is 31.1. The zero-order valence-corrected chi connectivity index (χ0v) is 9.75. The van der Waals surface area contributed by atoms with E-state index in [1.165, 1.54) is 0 Å². The predicted octanol–water partition coefficient (Wildman–Crippen LogP) is 0.984. The number of Topliss-reactive ketones (excluding diaryl/α,β-unsaturated/α-hetero) is 1. The maximum Gasteiger partial charge on any atom is 0.695 e. The number of rotatable bonds is 5. The monoisotopic (exact) mass is 222 g/mol. The number of carbonyl (C=O) groups excluding carboxylic acids is 1. The van der Waals surface area contributed by atoms with E-state index in [0.717, 1.165) is 0 Å². The van der Waals surface area contributed by atoms with Gasteiger partial charge in [0, 0.05) is 10.5 Å². The van der Waals surface area contributed by atoms with Gasteiger partial charge in [-0.05, 0) is 20.8 Å². The van der Waals surface area contributed by atoms with Gasteiger partial charge in [0.25, 0.3) is 0 Å². The first kappa shape index (κ1) is 13.7. The Morgan fingerprint density at radius 3 is 2.21 bits per heavy atom. The molecule has 3 atom stereocenters. The minimum Gasteiger partial charge on any atom is -0.319 e. The summed E-state index contributed by atoms with van der Waals surface area (Å²) in [7, 11) is -2.68. The van der Waals surface area contributed by atoms with Crippen LogP contribution in [0.5, 0.6) is 0 Å². The van der Waals surface area contributed by atoms with Gasteiger partial charge in [0.1, 0.15) is 6.10 Å². The zero-order chi connectivity index (χ0) is 11.5. The number of hydrogen-bond donors (Lipinski definition) is 2. The first-order valence-corrected chi connectivity index (χ1v) is 5.45. The van der Waals surface area contributed by atoms with Crippen molar-refractivity contribution in [2.24, 2.45) is 11.7 Å². The predicted molar refractivity (Wildman–Crippen MR) is 52.8 cm³/mol. The second-order valence-electron chi connectivity index (χ2n) is 3.92. The van der Waals surface area contributed by atoms with Crippen molar-refractivity contribution >= 4 is 14.0 Å².